The van der Waals surface area contributed by atoms with Crippen LogP contribution in [0, 0.1) is 5.92 Å². The van der Waals surface area contributed by atoms with Crippen LogP contribution < -0.4 is 4.74 Å². The van der Waals surface area contributed by atoms with Gasteiger partial charge in [-0.25, -0.2) is 0 Å². The number of rotatable bonds is 6. The van der Waals surface area contributed by atoms with Gasteiger partial charge in [-0.05, 0) is 30.9 Å². The summed E-state index contributed by atoms with van der Waals surface area (Å²) in [6.45, 7) is 2.90. The van der Waals surface area contributed by atoms with E-state index in [0.29, 0.717) is 25.6 Å². The minimum atomic E-state index is -0.165. The van der Waals surface area contributed by atoms with E-state index in [0.717, 1.165) is 25.2 Å². The maximum atomic E-state index is 11.8. The van der Waals surface area contributed by atoms with E-state index in [-0.39, 0.29) is 18.1 Å². The lowest BCUT2D eigenvalue weighted by atomic mass is 9.79. The maximum absolute atomic E-state index is 11.8. The molecule has 1 aromatic heterocycles. The standard InChI is InChI=1S/C16H22N2O4/c1-20-10-15(19)18-11-16(12-18)13(5-8-22-16)4-7-21-14-3-2-6-17-9-14/h2-3,6,9,13H,4-5,7-8,10-12H2,1H3. The summed E-state index contributed by atoms with van der Waals surface area (Å²) in [6, 6.07) is 3.77. The van der Waals surface area contributed by atoms with Gasteiger partial charge in [0.15, 0.2) is 0 Å². The van der Waals surface area contributed by atoms with Crippen LogP contribution in [-0.4, -0.2) is 61.4 Å². The third-order valence-electron chi connectivity index (χ3n) is 4.51. The molecule has 1 aromatic rings. The second-order valence-corrected chi connectivity index (χ2v) is 5.91. The van der Waals surface area contributed by atoms with Crippen LogP contribution >= 0.6 is 0 Å². The van der Waals surface area contributed by atoms with Crippen LogP contribution in [0.1, 0.15) is 12.8 Å². The number of hydrogen-bond acceptors (Lipinski definition) is 5. The molecule has 0 saturated carbocycles. The Bertz CT molecular complexity index is 502. The van der Waals surface area contributed by atoms with E-state index in [4.69, 9.17) is 14.2 Å². The van der Waals surface area contributed by atoms with E-state index in [1.165, 1.54) is 7.11 Å². The highest BCUT2D eigenvalue weighted by molar-refractivity contribution is 5.78. The zero-order valence-electron chi connectivity index (χ0n) is 12.9. The van der Waals surface area contributed by atoms with Gasteiger partial charge in [-0.3, -0.25) is 9.78 Å². The number of hydrogen-bond donors (Lipinski definition) is 0. The van der Waals surface area contributed by atoms with Crippen molar-refractivity contribution in [3.05, 3.63) is 24.5 Å². The van der Waals surface area contributed by atoms with E-state index < -0.39 is 0 Å². The van der Waals surface area contributed by atoms with Gasteiger partial charge in [0.1, 0.15) is 18.0 Å². The van der Waals surface area contributed by atoms with Gasteiger partial charge in [0.2, 0.25) is 5.91 Å². The fourth-order valence-corrected chi connectivity index (χ4v) is 3.28. The summed E-state index contributed by atoms with van der Waals surface area (Å²) in [5, 5.41) is 0. The molecule has 6 nitrogen and oxygen atoms in total. The summed E-state index contributed by atoms with van der Waals surface area (Å²) in [4.78, 5) is 17.6. The molecule has 1 atom stereocenters. The highest BCUT2D eigenvalue weighted by atomic mass is 16.5. The van der Waals surface area contributed by atoms with Crippen molar-refractivity contribution in [2.75, 3.05) is 40.0 Å². The molecule has 3 heterocycles. The Morgan fingerprint density at radius 2 is 2.41 bits per heavy atom. The van der Waals surface area contributed by atoms with Crippen LogP contribution in [0.2, 0.25) is 0 Å². The Hall–Kier alpha value is -1.66. The molecule has 2 fully saturated rings. The summed E-state index contributed by atoms with van der Waals surface area (Å²) in [6.07, 6.45) is 5.41. The molecule has 0 N–H and O–H groups in total. The summed E-state index contributed by atoms with van der Waals surface area (Å²) in [5.74, 6) is 1.27. The third kappa shape index (κ3) is 3.08. The minimum Gasteiger partial charge on any atom is -0.492 e. The molecule has 0 aliphatic carbocycles. The van der Waals surface area contributed by atoms with Crippen molar-refractivity contribution < 1.29 is 19.0 Å². The van der Waals surface area contributed by atoms with Gasteiger partial charge in [0.05, 0.1) is 25.9 Å². The van der Waals surface area contributed by atoms with Crippen molar-refractivity contribution in [3.63, 3.8) is 0 Å². The second-order valence-electron chi connectivity index (χ2n) is 5.91. The number of carbonyl (C=O) groups is 1. The number of amides is 1. The Kier molecular flexibility index (Phi) is 4.59. The molecule has 1 unspecified atom stereocenters. The first-order chi connectivity index (χ1) is 10.7. The van der Waals surface area contributed by atoms with Crippen LogP contribution in [0.25, 0.3) is 0 Å². The van der Waals surface area contributed by atoms with Gasteiger partial charge in [-0.15, -0.1) is 0 Å². The van der Waals surface area contributed by atoms with E-state index >= 15 is 0 Å². The molecule has 22 heavy (non-hydrogen) atoms. The number of aromatic nitrogens is 1. The minimum absolute atomic E-state index is 0.0361. The lowest BCUT2D eigenvalue weighted by Gasteiger charge is -2.50. The van der Waals surface area contributed by atoms with Gasteiger partial charge < -0.3 is 19.1 Å². The van der Waals surface area contributed by atoms with Crippen LogP contribution in [0.4, 0.5) is 0 Å². The molecule has 1 spiro atoms. The van der Waals surface area contributed by atoms with Crippen molar-refractivity contribution in [2.24, 2.45) is 5.92 Å². The van der Waals surface area contributed by atoms with Gasteiger partial charge >= 0.3 is 0 Å². The topological polar surface area (TPSA) is 60.9 Å². The zero-order valence-corrected chi connectivity index (χ0v) is 12.9. The molecule has 2 aliphatic rings. The normalized spacial score (nSPS) is 22.6. The van der Waals surface area contributed by atoms with E-state index in [9.17, 15) is 4.79 Å². The van der Waals surface area contributed by atoms with E-state index in [1.807, 2.05) is 17.0 Å². The van der Waals surface area contributed by atoms with Crippen molar-refractivity contribution >= 4 is 5.91 Å². The summed E-state index contributed by atoms with van der Waals surface area (Å²) in [5.41, 5.74) is -0.165. The first-order valence-corrected chi connectivity index (χ1v) is 7.67. The number of pyridine rings is 1. The van der Waals surface area contributed by atoms with E-state index in [1.54, 1.807) is 12.4 Å². The molecular formula is C16H22N2O4. The molecule has 0 aromatic carbocycles. The molecule has 1 amide bonds. The summed E-state index contributed by atoms with van der Waals surface area (Å²) >= 11 is 0. The Morgan fingerprint density at radius 3 is 3.14 bits per heavy atom. The number of ether oxygens (including phenoxy) is 3. The number of nitrogens with zero attached hydrogens (tertiary/aromatic N) is 2. The highest BCUT2D eigenvalue weighted by Crippen LogP contribution is 2.41. The number of methoxy groups -OCH3 is 1. The SMILES string of the molecule is COCC(=O)N1CC2(C1)OCCC2CCOc1cccnc1. The molecular weight excluding hydrogens is 284 g/mol. The van der Waals surface area contributed by atoms with Crippen LogP contribution in [-0.2, 0) is 14.3 Å². The molecule has 2 aliphatic heterocycles. The highest BCUT2D eigenvalue weighted by Gasteiger charge is 2.53. The molecule has 120 valence electrons. The van der Waals surface area contributed by atoms with Gasteiger partial charge in [0.25, 0.3) is 0 Å². The second kappa shape index (κ2) is 6.62. The van der Waals surface area contributed by atoms with E-state index in [2.05, 4.69) is 4.98 Å². The van der Waals surface area contributed by atoms with Crippen LogP contribution in [0.5, 0.6) is 5.75 Å². The van der Waals surface area contributed by atoms with Crippen molar-refractivity contribution in [1.82, 2.24) is 9.88 Å². The lowest BCUT2D eigenvalue weighted by molar-refractivity contribution is -0.168. The Balaban J connectivity index is 1.47. The molecule has 6 heteroatoms. The van der Waals surface area contributed by atoms with Crippen molar-refractivity contribution in [3.8, 4) is 5.75 Å². The predicted octanol–water partition coefficient (Wildman–Crippen LogP) is 1.11. The van der Waals surface area contributed by atoms with Crippen LogP contribution in [0.15, 0.2) is 24.5 Å². The number of likely N-dealkylation sites (tertiary alicyclic amines) is 1. The predicted molar refractivity (Wildman–Crippen MR) is 79.6 cm³/mol. The molecule has 3 rings (SSSR count). The molecule has 0 radical (unpaired) electrons. The Morgan fingerprint density at radius 1 is 1.55 bits per heavy atom. The average molecular weight is 306 g/mol. The largest absolute Gasteiger partial charge is 0.492 e. The summed E-state index contributed by atoms with van der Waals surface area (Å²) < 4.78 is 16.6. The van der Waals surface area contributed by atoms with Crippen molar-refractivity contribution in [1.29, 1.82) is 0 Å². The zero-order chi connectivity index (χ0) is 15.4. The third-order valence-corrected chi connectivity index (χ3v) is 4.51. The van der Waals surface area contributed by atoms with Gasteiger partial charge in [-0.1, -0.05) is 0 Å². The van der Waals surface area contributed by atoms with Gasteiger partial charge in [0, 0.05) is 19.9 Å². The lowest BCUT2D eigenvalue weighted by Crippen LogP contribution is -2.66. The molecule has 2 saturated heterocycles. The smallest absolute Gasteiger partial charge is 0.248 e. The summed E-state index contributed by atoms with van der Waals surface area (Å²) in [7, 11) is 1.54. The Labute approximate surface area is 130 Å². The fourth-order valence-electron chi connectivity index (χ4n) is 3.28. The average Bonchev–Trinajstić information content (AvgIpc) is 2.91. The first kappa shape index (κ1) is 15.2. The first-order valence-electron chi connectivity index (χ1n) is 7.67. The van der Waals surface area contributed by atoms with Crippen LogP contribution in [0.3, 0.4) is 0 Å². The quantitative estimate of drug-likeness (QED) is 0.788. The maximum Gasteiger partial charge on any atom is 0.248 e. The number of carbonyl (C=O) groups excluding carboxylic acids is 1. The van der Waals surface area contributed by atoms with Crippen molar-refractivity contribution in [2.45, 2.75) is 18.4 Å². The fraction of sp³-hybridized carbons (Fsp3) is 0.625. The van der Waals surface area contributed by atoms with Gasteiger partial charge in [-0.2, -0.15) is 0 Å². The monoisotopic (exact) mass is 306 g/mol. The molecule has 0 bridgehead atoms.